The topological polar surface area (TPSA) is 35.0 Å². The molecule has 0 radical (unpaired) electrons. The molecule has 0 aromatic carbocycles. The Kier molecular flexibility index (Phi) is 4.32. The van der Waals surface area contributed by atoms with E-state index in [2.05, 4.69) is 9.97 Å². The molecule has 0 aliphatic rings. The summed E-state index contributed by atoms with van der Waals surface area (Å²) in [5.74, 6) is 0. The molecule has 0 N–H and O–H groups in total. The van der Waals surface area contributed by atoms with Crippen LogP contribution < -0.4 is 0 Å². The van der Waals surface area contributed by atoms with E-state index < -0.39 is 0 Å². The van der Waals surface area contributed by atoms with Gasteiger partial charge in [0, 0.05) is 6.20 Å². The monoisotopic (exact) mass is 196 g/mol. The Morgan fingerprint density at radius 2 is 2.46 bits per heavy atom. The lowest BCUT2D eigenvalue weighted by atomic mass is 10.4. The minimum atomic E-state index is 0.678. The molecule has 0 unspecified atom stereocenters. The van der Waals surface area contributed by atoms with Crippen LogP contribution >= 0.6 is 11.8 Å². The first kappa shape index (κ1) is 10.1. The molecule has 0 saturated heterocycles. The summed E-state index contributed by atoms with van der Waals surface area (Å²) < 4.78 is 5.06. The number of thioether (sulfide) groups is 1. The van der Waals surface area contributed by atoms with E-state index in [0.717, 1.165) is 10.9 Å². The fourth-order valence-corrected chi connectivity index (χ4v) is 1.12. The van der Waals surface area contributed by atoms with Crippen molar-refractivity contribution in [2.24, 2.45) is 0 Å². The maximum absolute atomic E-state index is 5.06. The molecule has 0 spiro atoms. The van der Waals surface area contributed by atoms with E-state index in [1.807, 2.05) is 25.3 Å². The van der Waals surface area contributed by atoms with Crippen LogP contribution in [0.1, 0.15) is 12.6 Å². The molecule has 0 saturated carbocycles. The van der Waals surface area contributed by atoms with Gasteiger partial charge in [-0.2, -0.15) is 0 Å². The van der Waals surface area contributed by atoms with Crippen LogP contribution in [0.2, 0.25) is 0 Å². The maximum Gasteiger partial charge on any atom is 0.187 e. The zero-order valence-electron chi connectivity index (χ0n) is 7.73. The highest BCUT2D eigenvalue weighted by atomic mass is 32.2. The first-order valence-corrected chi connectivity index (χ1v) is 5.24. The van der Waals surface area contributed by atoms with Gasteiger partial charge in [0.25, 0.3) is 0 Å². The second-order valence-electron chi connectivity index (χ2n) is 2.23. The summed E-state index contributed by atoms with van der Waals surface area (Å²) in [6.07, 6.45) is 7.16. The Labute approximate surface area is 82.2 Å². The van der Waals surface area contributed by atoms with Crippen LogP contribution in [0.3, 0.4) is 0 Å². The predicted octanol–water partition coefficient (Wildman–Crippen LogP) is 2.21. The largest absolute Gasteiger partial charge is 0.501 e. The highest BCUT2D eigenvalue weighted by Crippen LogP contribution is 2.08. The summed E-state index contributed by atoms with van der Waals surface area (Å²) in [5, 5.41) is 0.777. The van der Waals surface area contributed by atoms with Gasteiger partial charge < -0.3 is 4.74 Å². The SMILES string of the molecule is CCO/C=C/c1ccnc(SC)n1. The molecule has 1 rings (SSSR count). The van der Waals surface area contributed by atoms with Gasteiger partial charge in [-0.3, -0.25) is 0 Å². The van der Waals surface area contributed by atoms with E-state index in [9.17, 15) is 0 Å². The van der Waals surface area contributed by atoms with E-state index in [1.54, 1.807) is 12.5 Å². The van der Waals surface area contributed by atoms with Crippen molar-refractivity contribution in [1.82, 2.24) is 9.97 Å². The van der Waals surface area contributed by atoms with E-state index in [1.165, 1.54) is 11.8 Å². The van der Waals surface area contributed by atoms with Crippen molar-refractivity contribution in [2.45, 2.75) is 12.1 Å². The van der Waals surface area contributed by atoms with Gasteiger partial charge in [0.05, 0.1) is 18.6 Å². The second-order valence-corrected chi connectivity index (χ2v) is 3.00. The van der Waals surface area contributed by atoms with Crippen LogP contribution in [0, 0.1) is 0 Å². The lowest BCUT2D eigenvalue weighted by Gasteiger charge is -1.96. The molecule has 1 aromatic heterocycles. The van der Waals surface area contributed by atoms with Crippen molar-refractivity contribution in [3.63, 3.8) is 0 Å². The molecule has 1 heterocycles. The van der Waals surface area contributed by atoms with Crippen LogP contribution in [-0.2, 0) is 4.74 Å². The Bertz CT molecular complexity index is 289. The van der Waals surface area contributed by atoms with Gasteiger partial charge in [0.2, 0.25) is 0 Å². The fraction of sp³-hybridized carbons (Fsp3) is 0.333. The van der Waals surface area contributed by atoms with Crippen molar-refractivity contribution in [3.8, 4) is 0 Å². The average Bonchev–Trinajstić information content (AvgIpc) is 2.19. The number of hydrogen-bond donors (Lipinski definition) is 0. The van der Waals surface area contributed by atoms with E-state index in [0.29, 0.717) is 6.61 Å². The molecule has 70 valence electrons. The zero-order valence-corrected chi connectivity index (χ0v) is 8.54. The molecule has 0 atom stereocenters. The lowest BCUT2D eigenvalue weighted by Crippen LogP contribution is -1.87. The third-order valence-electron chi connectivity index (χ3n) is 1.34. The Hall–Kier alpha value is -1.03. The first-order chi connectivity index (χ1) is 6.36. The summed E-state index contributed by atoms with van der Waals surface area (Å²) in [6, 6.07) is 1.84. The van der Waals surface area contributed by atoms with Crippen molar-refractivity contribution in [1.29, 1.82) is 0 Å². The molecule has 13 heavy (non-hydrogen) atoms. The van der Waals surface area contributed by atoms with Gasteiger partial charge in [-0.25, -0.2) is 9.97 Å². The van der Waals surface area contributed by atoms with Crippen molar-refractivity contribution < 1.29 is 4.74 Å². The van der Waals surface area contributed by atoms with Gasteiger partial charge in [-0.1, -0.05) is 11.8 Å². The van der Waals surface area contributed by atoms with Crippen LogP contribution in [0.4, 0.5) is 0 Å². The van der Waals surface area contributed by atoms with Crippen molar-refractivity contribution in [2.75, 3.05) is 12.9 Å². The lowest BCUT2D eigenvalue weighted by molar-refractivity contribution is 0.272. The highest BCUT2D eigenvalue weighted by molar-refractivity contribution is 7.98. The van der Waals surface area contributed by atoms with Gasteiger partial charge in [-0.15, -0.1) is 0 Å². The normalized spacial score (nSPS) is 10.6. The van der Waals surface area contributed by atoms with Crippen LogP contribution in [0.15, 0.2) is 23.7 Å². The highest BCUT2D eigenvalue weighted by Gasteiger charge is 1.93. The third kappa shape index (κ3) is 3.46. The quantitative estimate of drug-likeness (QED) is 0.420. The number of nitrogens with zero attached hydrogens (tertiary/aromatic N) is 2. The van der Waals surface area contributed by atoms with Gasteiger partial charge in [-0.05, 0) is 25.3 Å². The Morgan fingerprint density at radius 1 is 1.62 bits per heavy atom. The second kappa shape index (κ2) is 5.59. The summed E-state index contributed by atoms with van der Waals surface area (Å²) in [7, 11) is 0. The van der Waals surface area contributed by atoms with Crippen LogP contribution in [0.25, 0.3) is 6.08 Å². The molecular weight excluding hydrogens is 184 g/mol. The first-order valence-electron chi connectivity index (χ1n) is 4.02. The molecule has 3 nitrogen and oxygen atoms in total. The summed E-state index contributed by atoms with van der Waals surface area (Å²) in [4.78, 5) is 8.31. The fourth-order valence-electron chi connectivity index (χ4n) is 0.759. The average molecular weight is 196 g/mol. The summed E-state index contributed by atoms with van der Waals surface area (Å²) in [6.45, 7) is 2.62. The molecule has 0 bridgehead atoms. The summed E-state index contributed by atoms with van der Waals surface area (Å²) >= 11 is 1.53. The molecule has 0 amide bonds. The third-order valence-corrected chi connectivity index (χ3v) is 1.90. The Morgan fingerprint density at radius 3 is 3.15 bits per heavy atom. The molecule has 0 aliphatic carbocycles. The molecule has 1 aromatic rings. The van der Waals surface area contributed by atoms with Crippen molar-refractivity contribution >= 4 is 17.8 Å². The van der Waals surface area contributed by atoms with E-state index in [4.69, 9.17) is 4.74 Å². The number of hydrogen-bond acceptors (Lipinski definition) is 4. The van der Waals surface area contributed by atoms with Crippen LogP contribution in [0.5, 0.6) is 0 Å². The minimum absolute atomic E-state index is 0.678. The summed E-state index contributed by atoms with van der Waals surface area (Å²) in [5.41, 5.74) is 0.868. The van der Waals surface area contributed by atoms with Gasteiger partial charge in [0.1, 0.15) is 0 Å². The van der Waals surface area contributed by atoms with E-state index in [-0.39, 0.29) is 0 Å². The number of ether oxygens (including phenoxy) is 1. The standard InChI is InChI=1S/C9H12N2OS/c1-3-12-7-5-8-4-6-10-9(11-8)13-2/h4-7H,3H2,1-2H3/b7-5+. The van der Waals surface area contributed by atoms with Crippen molar-refractivity contribution in [3.05, 3.63) is 24.2 Å². The molecule has 4 heteroatoms. The molecule has 0 aliphatic heterocycles. The van der Waals surface area contributed by atoms with Gasteiger partial charge >= 0.3 is 0 Å². The zero-order chi connectivity index (χ0) is 9.52. The van der Waals surface area contributed by atoms with Gasteiger partial charge in [0.15, 0.2) is 5.16 Å². The van der Waals surface area contributed by atoms with Crippen LogP contribution in [-0.4, -0.2) is 22.8 Å². The number of rotatable bonds is 4. The molecular formula is C9H12N2OS. The Balaban J connectivity index is 2.66. The molecule has 0 fully saturated rings. The number of aromatic nitrogens is 2. The predicted molar refractivity (Wildman–Crippen MR) is 54.5 cm³/mol. The van der Waals surface area contributed by atoms with E-state index >= 15 is 0 Å². The maximum atomic E-state index is 5.06. The minimum Gasteiger partial charge on any atom is -0.501 e. The smallest absolute Gasteiger partial charge is 0.187 e.